The van der Waals surface area contributed by atoms with Crippen LogP contribution in [-0.2, 0) is 15.8 Å². The molecule has 0 saturated carbocycles. The molecule has 0 amide bonds. The van der Waals surface area contributed by atoms with Crippen molar-refractivity contribution in [1.29, 1.82) is 0 Å². The number of thiophene rings is 1. The number of thioether (sulfide) groups is 1. The molecule has 27 heavy (non-hydrogen) atoms. The molecule has 0 bridgehead atoms. The normalized spacial score (nSPS) is 12.0. The van der Waals surface area contributed by atoms with E-state index in [1.54, 1.807) is 23.5 Å². The number of nitrogens with zero attached hydrogens (tertiary/aromatic N) is 3. The van der Waals surface area contributed by atoms with Gasteiger partial charge in [-0.25, -0.2) is 18.4 Å². The van der Waals surface area contributed by atoms with Crippen LogP contribution in [0.3, 0.4) is 0 Å². The van der Waals surface area contributed by atoms with Crippen LogP contribution in [0.1, 0.15) is 25.3 Å². The molecule has 0 fully saturated rings. The molecule has 3 heterocycles. The maximum absolute atomic E-state index is 12.5. The van der Waals surface area contributed by atoms with Gasteiger partial charge in [0, 0.05) is 25.0 Å². The van der Waals surface area contributed by atoms with Crippen molar-refractivity contribution in [3.8, 4) is 10.8 Å². The minimum absolute atomic E-state index is 0.216. The highest BCUT2D eigenvalue weighted by Gasteiger charge is 2.22. The molecular weight excluding hydrogens is 402 g/mol. The lowest BCUT2D eigenvalue weighted by atomic mass is 10.4. The first-order chi connectivity index (χ1) is 13.0. The Morgan fingerprint density at radius 1 is 1.22 bits per heavy atom. The Morgan fingerprint density at radius 2 is 2.00 bits per heavy atom. The largest absolute Gasteiger partial charge is 0.440 e. The third-order valence-corrected chi connectivity index (χ3v) is 7.88. The van der Waals surface area contributed by atoms with E-state index >= 15 is 0 Å². The van der Waals surface area contributed by atoms with Crippen LogP contribution in [0.15, 0.2) is 50.2 Å². The van der Waals surface area contributed by atoms with Crippen molar-refractivity contribution in [2.75, 3.05) is 13.1 Å². The first kappa shape index (κ1) is 20.1. The molecular formula is C18H21N3O3S3. The SMILES string of the molecule is CCN(CC)S(=O)(=O)c1ccc(SCc2nc(-c3cccs3)oc2C)nc1. The van der Waals surface area contributed by atoms with Crippen molar-refractivity contribution in [3.05, 3.63) is 47.3 Å². The number of rotatable bonds is 8. The third kappa shape index (κ3) is 4.43. The summed E-state index contributed by atoms with van der Waals surface area (Å²) in [6.45, 7) is 6.42. The quantitative estimate of drug-likeness (QED) is 0.499. The highest BCUT2D eigenvalue weighted by Crippen LogP contribution is 2.29. The summed E-state index contributed by atoms with van der Waals surface area (Å²) < 4.78 is 32.2. The molecule has 6 nitrogen and oxygen atoms in total. The van der Waals surface area contributed by atoms with E-state index in [0.29, 0.717) is 24.7 Å². The molecule has 3 aromatic rings. The van der Waals surface area contributed by atoms with Crippen molar-refractivity contribution in [3.63, 3.8) is 0 Å². The van der Waals surface area contributed by atoms with Crippen LogP contribution < -0.4 is 0 Å². The summed E-state index contributed by atoms with van der Waals surface area (Å²) >= 11 is 3.08. The molecule has 0 saturated heterocycles. The molecule has 0 aromatic carbocycles. The van der Waals surface area contributed by atoms with Crippen LogP contribution in [0.4, 0.5) is 0 Å². The van der Waals surface area contributed by atoms with E-state index in [-0.39, 0.29) is 4.90 Å². The van der Waals surface area contributed by atoms with Gasteiger partial charge in [0.1, 0.15) is 10.7 Å². The zero-order valence-electron chi connectivity index (χ0n) is 15.4. The average Bonchev–Trinajstić information content (AvgIpc) is 3.31. The van der Waals surface area contributed by atoms with Gasteiger partial charge >= 0.3 is 0 Å². The smallest absolute Gasteiger partial charge is 0.244 e. The summed E-state index contributed by atoms with van der Waals surface area (Å²) in [7, 11) is -3.48. The fraction of sp³-hybridized carbons (Fsp3) is 0.333. The third-order valence-electron chi connectivity index (χ3n) is 4.03. The highest BCUT2D eigenvalue weighted by molar-refractivity contribution is 7.98. The van der Waals surface area contributed by atoms with Gasteiger partial charge in [0.25, 0.3) is 0 Å². The van der Waals surface area contributed by atoms with Gasteiger partial charge in [0.15, 0.2) is 0 Å². The van der Waals surface area contributed by atoms with Crippen LogP contribution in [0.5, 0.6) is 0 Å². The predicted octanol–water partition coefficient (Wildman–Crippen LogP) is 4.43. The van der Waals surface area contributed by atoms with Gasteiger partial charge in [-0.05, 0) is 30.5 Å². The standard InChI is InChI=1S/C18H21N3O3S3/c1-4-21(5-2)27(22,23)14-8-9-17(19-11-14)26-12-15-13(3)24-18(20-15)16-7-6-10-25-16/h6-11H,4-5,12H2,1-3H3. The Labute approximate surface area is 167 Å². The van der Waals surface area contributed by atoms with Crippen molar-refractivity contribution in [1.82, 2.24) is 14.3 Å². The summed E-state index contributed by atoms with van der Waals surface area (Å²) in [6.07, 6.45) is 1.42. The van der Waals surface area contributed by atoms with Crippen LogP contribution >= 0.6 is 23.1 Å². The minimum atomic E-state index is -3.48. The van der Waals surface area contributed by atoms with E-state index < -0.39 is 10.0 Å². The molecule has 0 N–H and O–H groups in total. The van der Waals surface area contributed by atoms with Gasteiger partial charge in [-0.15, -0.1) is 11.3 Å². The zero-order chi connectivity index (χ0) is 19.4. The van der Waals surface area contributed by atoms with E-state index in [4.69, 9.17) is 4.42 Å². The highest BCUT2D eigenvalue weighted by atomic mass is 32.2. The fourth-order valence-corrected chi connectivity index (χ4v) is 5.42. The summed E-state index contributed by atoms with van der Waals surface area (Å²) in [6, 6.07) is 7.28. The molecule has 3 aromatic heterocycles. The van der Waals surface area contributed by atoms with Gasteiger partial charge in [0.05, 0.1) is 15.6 Å². The van der Waals surface area contributed by atoms with E-state index in [0.717, 1.165) is 21.4 Å². The Kier molecular flexibility index (Phi) is 6.36. The number of pyridine rings is 1. The Morgan fingerprint density at radius 3 is 2.59 bits per heavy atom. The van der Waals surface area contributed by atoms with Crippen LogP contribution in [0.25, 0.3) is 10.8 Å². The zero-order valence-corrected chi connectivity index (χ0v) is 17.8. The molecule has 0 unspecified atom stereocenters. The molecule has 0 aliphatic rings. The molecule has 144 valence electrons. The van der Waals surface area contributed by atoms with Crippen molar-refractivity contribution in [2.24, 2.45) is 0 Å². The number of sulfonamides is 1. The van der Waals surface area contributed by atoms with Gasteiger partial charge in [-0.3, -0.25) is 0 Å². The average molecular weight is 424 g/mol. The van der Waals surface area contributed by atoms with Crippen molar-refractivity contribution in [2.45, 2.75) is 36.4 Å². The van der Waals surface area contributed by atoms with Crippen molar-refractivity contribution < 1.29 is 12.8 Å². The number of hydrogen-bond acceptors (Lipinski definition) is 7. The van der Waals surface area contributed by atoms with Crippen molar-refractivity contribution >= 4 is 33.1 Å². The topological polar surface area (TPSA) is 76.3 Å². The first-order valence-electron chi connectivity index (χ1n) is 8.54. The van der Waals surface area contributed by atoms with Crippen LogP contribution in [0, 0.1) is 6.92 Å². The number of hydrogen-bond donors (Lipinski definition) is 0. The van der Waals surface area contributed by atoms with Gasteiger partial charge in [0.2, 0.25) is 15.9 Å². The van der Waals surface area contributed by atoms with Crippen LogP contribution in [-0.4, -0.2) is 35.8 Å². The fourth-order valence-electron chi connectivity index (χ4n) is 2.53. The molecule has 0 aliphatic heterocycles. The maximum Gasteiger partial charge on any atom is 0.244 e. The van der Waals surface area contributed by atoms with Crippen LogP contribution in [0.2, 0.25) is 0 Å². The lowest BCUT2D eigenvalue weighted by Crippen LogP contribution is -2.30. The molecule has 0 spiro atoms. The second-order valence-electron chi connectivity index (χ2n) is 5.71. The monoisotopic (exact) mass is 423 g/mol. The van der Waals surface area contributed by atoms with Gasteiger partial charge in [-0.2, -0.15) is 4.31 Å². The van der Waals surface area contributed by atoms with E-state index in [2.05, 4.69) is 9.97 Å². The first-order valence-corrected chi connectivity index (χ1v) is 11.9. The Balaban J connectivity index is 1.69. The molecule has 9 heteroatoms. The predicted molar refractivity (Wildman–Crippen MR) is 108 cm³/mol. The maximum atomic E-state index is 12.5. The summed E-state index contributed by atoms with van der Waals surface area (Å²) in [4.78, 5) is 10.1. The summed E-state index contributed by atoms with van der Waals surface area (Å²) in [5.41, 5.74) is 0.866. The minimum Gasteiger partial charge on any atom is -0.440 e. The molecule has 0 atom stereocenters. The number of aromatic nitrogens is 2. The lowest BCUT2D eigenvalue weighted by molar-refractivity contribution is 0.445. The number of oxazole rings is 1. The number of aryl methyl sites for hydroxylation is 1. The van der Waals surface area contributed by atoms with Gasteiger partial charge < -0.3 is 4.42 Å². The van der Waals surface area contributed by atoms with Gasteiger partial charge in [-0.1, -0.05) is 31.7 Å². The molecule has 0 aliphatic carbocycles. The summed E-state index contributed by atoms with van der Waals surface area (Å²) in [5, 5.41) is 2.73. The molecule has 3 rings (SSSR count). The second-order valence-corrected chi connectivity index (χ2v) is 9.59. The van der Waals surface area contributed by atoms with E-state index in [1.165, 1.54) is 22.3 Å². The molecule has 0 radical (unpaired) electrons. The van der Waals surface area contributed by atoms with E-state index in [9.17, 15) is 8.42 Å². The van der Waals surface area contributed by atoms with E-state index in [1.807, 2.05) is 38.3 Å². The Hall–Kier alpha value is -1.68. The summed E-state index contributed by atoms with van der Waals surface area (Å²) in [5.74, 6) is 2.02. The lowest BCUT2D eigenvalue weighted by Gasteiger charge is -2.18. The second kappa shape index (κ2) is 8.55. The Bertz CT molecular complexity index is 977.